The molecule has 0 saturated carbocycles. The highest BCUT2D eigenvalue weighted by Gasteiger charge is 2.10. The Hall–Kier alpha value is -0.0900. The molecule has 1 N–H and O–H groups in total. The normalized spacial score (nSPS) is 13.6. The average Bonchev–Trinajstić information content (AvgIpc) is 2.47. The molecule has 1 unspecified atom stereocenters. The van der Waals surface area contributed by atoms with Gasteiger partial charge in [-0.2, -0.15) is 0 Å². The van der Waals surface area contributed by atoms with E-state index in [-0.39, 0.29) is 6.10 Å². The average molecular weight is 221 g/mol. The highest BCUT2D eigenvalue weighted by atomic mass is 35.5. The van der Waals surface area contributed by atoms with Crippen molar-refractivity contribution in [2.24, 2.45) is 0 Å². The lowest BCUT2D eigenvalue weighted by atomic mass is 10.3. The van der Waals surface area contributed by atoms with E-state index in [1.165, 1.54) is 11.3 Å². The van der Waals surface area contributed by atoms with Crippen molar-refractivity contribution >= 4 is 22.9 Å². The van der Waals surface area contributed by atoms with Crippen molar-refractivity contribution in [1.82, 2.24) is 0 Å². The van der Waals surface area contributed by atoms with Crippen LogP contribution in [-0.4, -0.2) is 17.8 Å². The molecule has 0 aliphatic carbocycles. The van der Waals surface area contributed by atoms with Crippen LogP contribution in [0.15, 0.2) is 12.1 Å². The van der Waals surface area contributed by atoms with E-state index in [1.54, 1.807) is 6.07 Å². The lowest BCUT2D eigenvalue weighted by molar-refractivity contribution is 0.00633. The fourth-order valence-corrected chi connectivity index (χ4v) is 1.90. The molecule has 0 radical (unpaired) electrons. The van der Waals surface area contributed by atoms with E-state index in [2.05, 4.69) is 0 Å². The fourth-order valence-electron chi connectivity index (χ4n) is 0.873. The van der Waals surface area contributed by atoms with Crippen LogP contribution in [0.3, 0.4) is 0 Å². The molecule has 13 heavy (non-hydrogen) atoms. The Labute approximate surface area is 87.1 Å². The van der Waals surface area contributed by atoms with Crippen molar-refractivity contribution in [3.8, 4) is 0 Å². The molecule has 0 saturated heterocycles. The predicted octanol–water partition coefficient (Wildman–Crippen LogP) is 2.86. The summed E-state index contributed by atoms with van der Waals surface area (Å²) in [4.78, 5) is 0.852. The van der Waals surface area contributed by atoms with Gasteiger partial charge in [0.05, 0.1) is 17.0 Å². The maximum atomic E-state index is 9.61. The Morgan fingerprint density at radius 3 is 2.69 bits per heavy atom. The summed E-state index contributed by atoms with van der Waals surface area (Å²) in [6.45, 7) is 4.21. The third-order valence-electron chi connectivity index (χ3n) is 1.51. The zero-order chi connectivity index (χ0) is 9.84. The van der Waals surface area contributed by atoms with Gasteiger partial charge >= 0.3 is 0 Å². The highest BCUT2D eigenvalue weighted by Crippen LogP contribution is 2.26. The Balaban J connectivity index is 2.44. The summed E-state index contributed by atoms with van der Waals surface area (Å²) in [6.07, 6.45) is -0.412. The molecular formula is C9H13ClO2S. The second-order valence-corrected chi connectivity index (χ2v) is 4.79. The van der Waals surface area contributed by atoms with Crippen LogP contribution in [-0.2, 0) is 4.74 Å². The molecule has 1 aromatic rings. The Morgan fingerprint density at radius 2 is 2.23 bits per heavy atom. The molecule has 1 aromatic heterocycles. The first-order valence-corrected chi connectivity index (χ1v) is 5.34. The third-order valence-corrected chi connectivity index (χ3v) is 2.84. The van der Waals surface area contributed by atoms with Gasteiger partial charge in [0.1, 0.15) is 6.10 Å². The quantitative estimate of drug-likeness (QED) is 0.846. The number of hydrogen-bond acceptors (Lipinski definition) is 3. The fraction of sp³-hybridized carbons (Fsp3) is 0.556. The predicted molar refractivity (Wildman–Crippen MR) is 55.4 cm³/mol. The van der Waals surface area contributed by atoms with Gasteiger partial charge < -0.3 is 9.84 Å². The molecule has 74 valence electrons. The maximum absolute atomic E-state index is 9.61. The van der Waals surface area contributed by atoms with Gasteiger partial charge in [-0.3, -0.25) is 0 Å². The molecule has 0 aliphatic heterocycles. The van der Waals surface area contributed by atoms with Gasteiger partial charge in [0.2, 0.25) is 0 Å². The topological polar surface area (TPSA) is 29.5 Å². The van der Waals surface area contributed by atoms with Crippen molar-refractivity contribution in [3.05, 3.63) is 21.3 Å². The van der Waals surface area contributed by atoms with Crippen molar-refractivity contribution in [1.29, 1.82) is 0 Å². The van der Waals surface area contributed by atoms with Crippen LogP contribution in [0.4, 0.5) is 0 Å². The summed E-state index contributed by atoms with van der Waals surface area (Å²) in [5.74, 6) is 0. The van der Waals surface area contributed by atoms with Crippen molar-refractivity contribution in [2.45, 2.75) is 26.1 Å². The summed E-state index contributed by atoms with van der Waals surface area (Å²) in [7, 11) is 0. The molecule has 0 amide bonds. The van der Waals surface area contributed by atoms with E-state index in [4.69, 9.17) is 16.3 Å². The van der Waals surface area contributed by atoms with Crippen LogP contribution < -0.4 is 0 Å². The number of thiophene rings is 1. The maximum Gasteiger partial charge on any atom is 0.111 e. The second-order valence-electron chi connectivity index (χ2n) is 3.04. The molecular weight excluding hydrogens is 208 g/mol. The van der Waals surface area contributed by atoms with Crippen LogP contribution in [0.5, 0.6) is 0 Å². The van der Waals surface area contributed by atoms with Gasteiger partial charge in [-0.25, -0.2) is 0 Å². The SMILES string of the molecule is CC(C)OCC(O)c1ccc(Cl)s1. The molecule has 4 heteroatoms. The van der Waals surface area contributed by atoms with E-state index in [0.717, 1.165) is 4.88 Å². The Morgan fingerprint density at radius 1 is 1.54 bits per heavy atom. The van der Waals surface area contributed by atoms with Gasteiger partial charge in [-0.05, 0) is 26.0 Å². The molecule has 2 nitrogen and oxygen atoms in total. The first-order chi connectivity index (χ1) is 6.09. The number of aliphatic hydroxyl groups is 1. The zero-order valence-corrected chi connectivity index (χ0v) is 9.23. The van der Waals surface area contributed by atoms with Crippen LogP contribution >= 0.6 is 22.9 Å². The standard InChI is InChI=1S/C9H13ClO2S/c1-6(2)12-5-7(11)8-3-4-9(10)13-8/h3-4,6-7,11H,5H2,1-2H3. The molecule has 0 bridgehead atoms. The van der Waals surface area contributed by atoms with Gasteiger partial charge in [0.25, 0.3) is 0 Å². The molecule has 0 fully saturated rings. The molecule has 0 aliphatic rings. The lowest BCUT2D eigenvalue weighted by Crippen LogP contribution is -2.10. The monoisotopic (exact) mass is 220 g/mol. The second kappa shape index (κ2) is 4.96. The van der Waals surface area contributed by atoms with E-state index in [0.29, 0.717) is 10.9 Å². The first kappa shape index (κ1) is 11.0. The largest absolute Gasteiger partial charge is 0.385 e. The van der Waals surface area contributed by atoms with Crippen molar-refractivity contribution in [2.75, 3.05) is 6.61 Å². The number of hydrogen-bond donors (Lipinski definition) is 1. The molecule has 0 aromatic carbocycles. The summed E-state index contributed by atoms with van der Waals surface area (Å²) in [5, 5.41) is 9.61. The molecule has 1 rings (SSSR count). The number of ether oxygens (including phenoxy) is 1. The zero-order valence-electron chi connectivity index (χ0n) is 7.66. The van der Waals surface area contributed by atoms with Crippen LogP contribution in [0, 0.1) is 0 Å². The minimum Gasteiger partial charge on any atom is -0.385 e. The minimum absolute atomic E-state index is 0.144. The minimum atomic E-state index is -0.556. The van der Waals surface area contributed by atoms with E-state index < -0.39 is 6.10 Å². The molecule has 1 heterocycles. The van der Waals surface area contributed by atoms with E-state index >= 15 is 0 Å². The summed E-state index contributed by atoms with van der Waals surface area (Å²) in [6, 6.07) is 3.60. The summed E-state index contributed by atoms with van der Waals surface area (Å²) in [5.41, 5.74) is 0. The Bertz CT molecular complexity index is 260. The van der Waals surface area contributed by atoms with Gasteiger partial charge in [-0.1, -0.05) is 11.6 Å². The highest BCUT2D eigenvalue weighted by molar-refractivity contribution is 7.16. The number of rotatable bonds is 4. The van der Waals surface area contributed by atoms with Gasteiger partial charge in [0, 0.05) is 4.88 Å². The first-order valence-electron chi connectivity index (χ1n) is 4.14. The van der Waals surface area contributed by atoms with Crippen LogP contribution in [0.1, 0.15) is 24.8 Å². The van der Waals surface area contributed by atoms with Crippen LogP contribution in [0.25, 0.3) is 0 Å². The third kappa shape index (κ3) is 3.65. The number of aliphatic hydroxyl groups excluding tert-OH is 1. The summed E-state index contributed by atoms with van der Waals surface area (Å²) >= 11 is 7.12. The van der Waals surface area contributed by atoms with E-state index in [1.807, 2.05) is 19.9 Å². The van der Waals surface area contributed by atoms with Gasteiger partial charge in [-0.15, -0.1) is 11.3 Å². The smallest absolute Gasteiger partial charge is 0.111 e. The molecule has 0 spiro atoms. The van der Waals surface area contributed by atoms with Crippen molar-refractivity contribution in [3.63, 3.8) is 0 Å². The van der Waals surface area contributed by atoms with Crippen molar-refractivity contribution < 1.29 is 9.84 Å². The summed E-state index contributed by atoms with van der Waals surface area (Å²) < 4.78 is 5.97. The molecule has 1 atom stereocenters. The van der Waals surface area contributed by atoms with Crippen LogP contribution in [0.2, 0.25) is 4.34 Å². The lowest BCUT2D eigenvalue weighted by Gasteiger charge is -2.11. The van der Waals surface area contributed by atoms with Gasteiger partial charge in [0.15, 0.2) is 0 Å². The number of halogens is 1. The van der Waals surface area contributed by atoms with E-state index in [9.17, 15) is 5.11 Å². The Kier molecular flexibility index (Phi) is 4.19.